The first-order chi connectivity index (χ1) is 8.47. The Hall–Kier alpha value is -0.630. The summed E-state index contributed by atoms with van der Waals surface area (Å²) in [7, 11) is 0. The summed E-state index contributed by atoms with van der Waals surface area (Å²) < 4.78 is 0. The van der Waals surface area contributed by atoms with Crippen LogP contribution in [-0.2, 0) is 0 Å². The molecule has 1 aromatic carbocycles. The van der Waals surface area contributed by atoms with E-state index in [1.165, 1.54) is 10.6 Å². The summed E-state index contributed by atoms with van der Waals surface area (Å²) in [6.45, 7) is 16.0. The summed E-state index contributed by atoms with van der Waals surface area (Å²) in [4.78, 5) is 1.37. The maximum atomic E-state index is 3.26. The van der Waals surface area contributed by atoms with Gasteiger partial charge in [0.05, 0.1) is 5.88 Å². The minimum absolute atomic E-state index is 1.03. The predicted molar refractivity (Wildman–Crippen MR) is 86.2 cm³/mol. The lowest BCUT2D eigenvalue weighted by atomic mass is 10.3. The quantitative estimate of drug-likeness (QED) is 0.588. The molecule has 1 aliphatic rings. The van der Waals surface area contributed by atoms with Gasteiger partial charge in [-0.15, -0.1) is 11.8 Å². The van der Waals surface area contributed by atoms with Crippen LogP contribution in [-0.4, -0.2) is 5.88 Å². The Bertz CT molecular complexity index is 201. The summed E-state index contributed by atoms with van der Waals surface area (Å²) in [5.41, 5.74) is 1.28. The van der Waals surface area contributed by atoms with Gasteiger partial charge in [0.1, 0.15) is 0 Å². The second kappa shape index (κ2) is 20.7. The molecule has 0 saturated heterocycles. The number of nitrogens with one attached hydrogen (secondary N) is 1. The van der Waals surface area contributed by atoms with Crippen molar-refractivity contribution in [1.82, 2.24) is 0 Å². The van der Waals surface area contributed by atoms with Gasteiger partial charge in [-0.3, -0.25) is 0 Å². The first-order valence-corrected chi connectivity index (χ1v) is 7.91. The summed E-state index contributed by atoms with van der Waals surface area (Å²) in [5, 5.41) is 3.26. The number of fused-ring (bicyclic) bond motifs is 1. The van der Waals surface area contributed by atoms with Crippen molar-refractivity contribution < 1.29 is 0 Å². The van der Waals surface area contributed by atoms with Crippen molar-refractivity contribution >= 4 is 17.4 Å². The van der Waals surface area contributed by atoms with Crippen LogP contribution in [0.4, 0.5) is 5.69 Å². The highest BCUT2D eigenvalue weighted by Gasteiger charge is 2.06. The molecule has 0 spiro atoms. The average molecular weight is 257 g/mol. The number of anilines is 1. The van der Waals surface area contributed by atoms with Crippen LogP contribution in [0, 0.1) is 0 Å². The third-order valence-electron chi connectivity index (χ3n) is 1.38. The smallest absolute Gasteiger partial charge is 0.0658 e. The number of thioether (sulfide) groups is 1. The Morgan fingerprint density at radius 3 is 1.76 bits per heavy atom. The van der Waals surface area contributed by atoms with Crippen molar-refractivity contribution in [3.8, 4) is 0 Å². The standard InChI is InChI=1S/C7H7NS.4C2H6/c1-2-4-7-6(3-1)8-5-9-7;4*1-2/h1-4,8H,5H2;4*1-2H3. The summed E-state index contributed by atoms with van der Waals surface area (Å²) in [5.74, 6) is 1.03. The Kier molecular flexibility index (Phi) is 26.4. The van der Waals surface area contributed by atoms with Crippen LogP contribution >= 0.6 is 11.8 Å². The molecular formula is C15H31NS. The van der Waals surface area contributed by atoms with E-state index >= 15 is 0 Å². The zero-order valence-electron chi connectivity index (χ0n) is 12.9. The second-order valence-corrected chi connectivity index (χ2v) is 2.98. The SMILES string of the molecule is CC.CC.CC.CC.c1ccc2c(c1)NCS2. The van der Waals surface area contributed by atoms with Gasteiger partial charge in [-0.2, -0.15) is 0 Å². The summed E-state index contributed by atoms with van der Waals surface area (Å²) >= 11 is 1.86. The van der Waals surface area contributed by atoms with E-state index in [2.05, 4.69) is 29.6 Å². The molecule has 1 aliphatic heterocycles. The second-order valence-electron chi connectivity index (χ2n) is 1.96. The minimum atomic E-state index is 1.03. The molecule has 17 heavy (non-hydrogen) atoms. The molecule has 1 nitrogen and oxygen atoms in total. The Balaban J connectivity index is -0.000000212. The average Bonchev–Trinajstić information content (AvgIpc) is 2.96. The molecule has 0 radical (unpaired) electrons. The lowest BCUT2D eigenvalue weighted by molar-refractivity contribution is 1.43. The zero-order chi connectivity index (χ0) is 14.1. The van der Waals surface area contributed by atoms with Gasteiger partial charge in [-0.05, 0) is 12.1 Å². The molecule has 1 N–H and O–H groups in total. The van der Waals surface area contributed by atoms with Crippen molar-refractivity contribution in [3.05, 3.63) is 24.3 Å². The normalized spacial score (nSPS) is 9.18. The van der Waals surface area contributed by atoms with Crippen LogP contribution < -0.4 is 5.32 Å². The van der Waals surface area contributed by atoms with Gasteiger partial charge < -0.3 is 5.32 Å². The van der Waals surface area contributed by atoms with Crippen molar-refractivity contribution in [1.29, 1.82) is 0 Å². The number of rotatable bonds is 0. The molecular weight excluding hydrogens is 226 g/mol. The predicted octanol–water partition coefficient (Wildman–Crippen LogP) is 6.27. The van der Waals surface area contributed by atoms with Crippen LogP contribution in [0.15, 0.2) is 29.2 Å². The van der Waals surface area contributed by atoms with Gasteiger partial charge >= 0.3 is 0 Å². The number of hydrogen-bond acceptors (Lipinski definition) is 2. The molecule has 0 bridgehead atoms. The third-order valence-corrected chi connectivity index (χ3v) is 2.33. The molecule has 1 aromatic rings. The van der Waals surface area contributed by atoms with Gasteiger partial charge in [0, 0.05) is 10.6 Å². The molecule has 2 rings (SSSR count). The minimum Gasteiger partial charge on any atom is -0.375 e. The fourth-order valence-electron chi connectivity index (χ4n) is 0.930. The lowest BCUT2D eigenvalue weighted by Crippen LogP contribution is -1.86. The molecule has 0 atom stereocenters. The van der Waals surface area contributed by atoms with Crippen LogP contribution in [0.1, 0.15) is 55.4 Å². The van der Waals surface area contributed by atoms with Gasteiger partial charge in [0.15, 0.2) is 0 Å². The van der Waals surface area contributed by atoms with E-state index < -0.39 is 0 Å². The largest absolute Gasteiger partial charge is 0.375 e. The van der Waals surface area contributed by atoms with Crippen LogP contribution in [0.5, 0.6) is 0 Å². The van der Waals surface area contributed by atoms with Crippen LogP contribution in [0.3, 0.4) is 0 Å². The van der Waals surface area contributed by atoms with E-state index in [1.807, 2.05) is 67.2 Å². The van der Waals surface area contributed by atoms with E-state index in [4.69, 9.17) is 0 Å². The Morgan fingerprint density at radius 1 is 0.824 bits per heavy atom. The highest BCUT2D eigenvalue weighted by molar-refractivity contribution is 7.99. The molecule has 2 heteroatoms. The topological polar surface area (TPSA) is 12.0 Å². The fraction of sp³-hybridized carbons (Fsp3) is 0.600. The van der Waals surface area contributed by atoms with Crippen molar-refractivity contribution in [2.24, 2.45) is 0 Å². The fourth-order valence-corrected chi connectivity index (χ4v) is 1.78. The summed E-state index contributed by atoms with van der Waals surface area (Å²) in [6.07, 6.45) is 0. The van der Waals surface area contributed by atoms with Crippen molar-refractivity contribution in [2.75, 3.05) is 11.2 Å². The summed E-state index contributed by atoms with van der Waals surface area (Å²) in [6, 6.07) is 8.37. The molecule has 0 saturated carbocycles. The number of para-hydroxylation sites is 1. The van der Waals surface area contributed by atoms with Gasteiger partial charge in [0.2, 0.25) is 0 Å². The van der Waals surface area contributed by atoms with E-state index in [0.29, 0.717) is 0 Å². The molecule has 0 amide bonds. The molecule has 0 fully saturated rings. The zero-order valence-corrected chi connectivity index (χ0v) is 13.7. The lowest BCUT2D eigenvalue weighted by Gasteiger charge is -1.92. The van der Waals surface area contributed by atoms with Gasteiger partial charge in [0.25, 0.3) is 0 Å². The van der Waals surface area contributed by atoms with Crippen molar-refractivity contribution in [3.63, 3.8) is 0 Å². The Labute approximate surface area is 113 Å². The molecule has 0 aromatic heterocycles. The van der Waals surface area contributed by atoms with E-state index in [9.17, 15) is 0 Å². The number of benzene rings is 1. The molecule has 0 unspecified atom stereocenters. The van der Waals surface area contributed by atoms with E-state index in [1.54, 1.807) is 0 Å². The molecule has 1 heterocycles. The first-order valence-electron chi connectivity index (χ1n) is 6.92. The Morgan fingerprint density at radius 2 is 1.29 bits per heavy atom. The van der Waals surface area contributed by atoms with Crippen LogP contribution in [0.25, 0.3) is 0 Å². The van der Waals surface area contributed by atoms with Crippen LogP contribution in [0.2, 0.25) is 0 Å². The van der Waals surface area contributed by atoms with Gasteiger partial charge in [-0.1, -0.05) is 67.5 Å². The number of hydrogen-bond donors (Lipinski definition) is 1. The third kappa shape index (κ3) is 10.3. The maximum absolute atomic E-state index is 3.26. The maximum Gasteiger partial charge on any atom is 0.0658 e. The first kappa shape index (κ1) is 21.6. The monoisotopic (exact) mass is 257 g/mol. The molecule has 0 aliphatic carbocycles. The molecule has 102 valence electrons. The van der Waals surface area contributed by atoms with E-state index in [-0.39, 0.29) is 0 Å². The highest BCUT2D eigenvalue weighted by Crippen LogP contribution is 2.32. The van der Waals surface area contributed by atoms with Gasteiger partial charge in [-0.25, -0.2) is 0 Å². The van der Waals surface area contributed by atoms with Crippen molar-refractivity contribution in [2.45, 2.75) is 60.3 Å². The highest BCUT2D eigenvalue weighted by atomic mass is 32.2. The van der Waals surface area contributed by atoms with E-state index in [0.717, 1.165) is 5.88 Å².